The number of alkyl halides is 3. The molecule has 0 bridgehead atoms. The normalized spacial score (nSPS) is 12.0. The zero-order valence-corrected chi connectivity index (χ0v) is 14.8. The van der Waals surface area contributed by atoms with Crippen LogP contribution < -0.4 is 10.7 Å². The Morgan fingerprint density at radius 1 is 1.08 bits per heavy atom. The number of halogens is 3. The van der Waals surface area contributed by atoms with E-state index in [2.05, 4.69) is 15.8 Å². The van der Waals surface area contributed by atoms with Crippen molar-refractivity contribution in [3.63, 3.8) is 0 Å². The second-order valence-corrected chi connectivity index (χ2v) is 6.07. The first-order valence-electron chi connectivity index (χ1n) is 7.53. The Morgan fingerprint density at radius 3 is 2.48 bits per heavy atom. The minimum Gasteiger partial charge on any atom is -0.331 e. The molecule has 7 heteroatoms. The quantitative estimate of drug-likeness (QED) is 0.455. The number of hydrogen-bond donors (Lipinski definition) is 2. The van der Waals surface area contributed by atoms with E-state index >= 15 is 0 Å². The lowest BCUT2D eigenvalue weighted by molar-refractivity contribution is -0.137. The molecule has 0 aliphatic rings. The average Bonchev–Trinajstić information content (AvgIpc) is 2.55. The van der Waals surface area contributed by atoms with Crippen LogP contribution in [0.15, 0.2) is 47.6 Å². The van der Waals surface area contributed by atoms with E-state index in [1.165, 1.54) is 6.07 Å². The van der Waals surface area contributed by atoms with Gasteiger partial charge in [0.1, 0.15) is 0 Å². The van der Waals surface area contributed by atoms with Crippen LogP contribution in [0.4, 0.5) is 18.9 Å². The van der Waals surface area contributed by atoms with Gasteiger partial charge in [0.15, 0.2) is 5.11 Å². The standard InChI is InChI=1S/C18H18F3N3S/c1-11-7-8-12(2)16(9-11)22-17(25)24-23-13(3)14-5-4-6-15(10-14)18(19,20)21/h4-10H,1-3H3,(H2,22,24,25). The van der Waals surface area contributed by atoms with E-state index in [1.54, 1.807) is 13.0 Å². The molecule has 2 aromatic rings. The Morgan fingerprint density at radius 2 is 1.80 bits per heavy atom. The Balaban J connectivity index is 2.08. The van der Waals surface area contributed by atoms with Crippen molar-refractivity contribution in [1.82, 2.24) is 5.43 Å². The highest BCUT2D eigenvalue weighted by Gasteiger charge is 2.30. The van der Waals surface area contributed by atoms with E-state index < -0.39 is 11.7 Å². The minimum atomic E-state index is -4.39. The van der Waals surface area contributed by atoms with Crippen molar-refractivity contribution in [1.29, 1.82) is 0 Å². The zero-order valence-electron chi connectivity index (χ0n) is 14.0. The fraction of sp³-hybridized carbons (Fsp3) is 0.222. The van der Waals surface area contributed by atoms with Crippen LogP contribution in [0.3, 0.4) is 0 Å². The van der Waals surface area contributed by atoms with E-state index in [4.69, 9.17) is 12.2 Å². The number of benzene rings is 2. The Labute approximate surface area is 149 Å². The van der Waals surface area contributed by atoms with Gasteiger partial charge in [-0.3, -0.25) is 5.43 Å². The third-order valence-electron chi connectivity index (χ3n) is 3.57. The second-order valence-electron chi connectivity index (χ2n) is 5.66. The van der Waals surface area contributed by atoms with Gasteiger partial charge in [0, 0.05) is 5.69 Å². The summed E-state index contributed by atoms with van der Waals surface area (Å²) < 4.78 is 38.3. The third kappa shape index (κ3) is 5.29. The summed E-state index contributed by atoms with van der Waals surface area (Å²) in [6, 6.07) is 10.9. The van der Waals surface area contributed by atoms with Gasteiger partial charge in [0.25, 0.3) is 0 Å². The molecule has 0 saturated heterocycles. The number of anilines is 1. The summed E-state index contributed by atoms with van der Waals surface area (Å²) in [5, 5.41) is 7.35. The molecule has 0 amide bonds. The largest absolute Gasteiger partial charge is 0.416 e. The molecule has 2 N–H and O–H groups in total. The third-order valence-corrected chi connectivity index (χ3v) is 3.77. The summed E-state index contributed by atoms with van der Waals surface area (Å²) in [5.74, 6) is 0. The lowest BCUT2D eigenvalue weighted by atomic mass is 10.1. The van der Waals surface area contributed by atoms with Crippen LogP contribution in [-0.4, -0.2) is 10.8 Å². The van der Waals surface area contributed by atoms with E-state index in [-0.39, 0.29) is 5.11 Å². The van der Waals surface area contributed by atoms with E-state index in [0.717, 1.165) is 28.9 Å². The predicted molar refractivity (Wildman–Crippen MR) is 98.9 cm³/mol. The molecule has 0 aliphatic heterocycles. The number of hydrazone groups is 1. The lowest BCUT2D eigenvalue weighted by Gasteiger charge is -2.12. The van der Waals surface area contributed by atoms with E-state index in [0.29, 0.717) is 11.3 Å². The molecule has 0 unspecified atom stereocenters. The Kier molecular flexibility index (Phi) is 5.79. The molecule has 0 aromatic heterocycles. The van der Waals surface area contributed by atoms with Crippen molar-refractivity contribution in [2.45, 2.75) is 26.9 Å². The predicted octanol–water partition coefficient (Wildman–Crippen LogP) is 5.03. The van der Waals surface area contributed by atoms with Gasteiger partial charge in [-0.05, 0) is 67.9 Å². The highest BCUT2D eigenvalue weighted by atomic mass is 32.1. The maximum Gasteiger partial charge on any atom is 0.416 e. The van der Waals surface area contributed by atoms with Crippen LogP contribution in [0, 0.1) is 13.8 Å². The van der Waals surface area contributed by atoms with Crippen LogP contribution in [0.2, 0.25) is 0 Å². The topological polar surface area (TPSA) is 36.4 Å². The molecule has 0 atom stereocenters. The van der Waals surface area contributed by atoms with Gasteiger partial charge in [-0.25, -0.2) is 0 Å². The zero-order chi connectivity index (χ0) is 18.6. The smallest absolute Gasteiger partial charge is 0.331 e. The first kappa shape index (κ1) is 18.9. The molecule has 0 radical (unpaired) electrons. The number of hydrogen-bond acceptors (Lipinski definition) is 2. The van der Waals surface area contributed by atoms with Gasteiger partial charge < -0.3 is 5.32 Å². The van der Waals surface area contributed by atoms with Gasteiger partial charge in [0.05, 0.1) is 11.3 Å². The summed E-state index contributed by atoms with van der Waals surface area (Å²) >= 11 is 5.18. The fourth-order valence-electron chi connectivity index (χ4n) is 2.14. The van der Waals surface area contributed by atoms with Crippen molar-refractivity contribution >= 4 is 28.7 Å². The lowest BCUT2D eigenvalue weighted by Crippen LogP contribution is -2.25. The van der Waals surface area contributed by atoms with E-state index in [1.807, 2.05) is 32.0 Å². The minimum absolute atomic E-state index is 0.264. The Bertz CT molecular complexity index is 813. The summed E-state index contributed by atoms with van der Waals surface area (Å²) in [6.07, 6.45) is -4.39. The summed E-state index contributed by atoms with van der Waals surface area (Å²) in [4.78, 5) is 0. The number of thiocarbonyl (C=S) groups is 1. The fourth-order valence-corrected chi connectivity index (χ4v) is 2.30. The molecule has 132 valence electrons. The first-order chi connectivity index (χ1) is 11.7. The highest BCUT2D eigenvalue weighted by Crippen LogP contribution is 2.29. The first-order valence-corrected chi connectivity index (χ1v) is 7.94. The molecule has 2 rings (SSSR count). The molecular weight excluding hydrogens is 347 g/mol. The van der Waals surface area contributed by atoms with E-state index in [9.17, 15) is 13.2 Å². The van der Waals surface area contributed by atoms with Crippen LogP contribution in [-0.2, 0) is 6.18 Å². The van der Waals surface area contributed by atoms with Crippen molar-refractivity contribution in [3.05, 3.63) is 64.7 Å². The molecule has 0 aliphatic carbocycles. The SMILES string of the molecule is CC(=NNC(=S)Nc1cc(C)ccc1C)c1cccc(C(F)(F)F)c1. The van der Waals surface area contributed by atoms with Crippen molar-refractivity contribution in [2.24, 2.45) is 5.10 Å². The maximum absolute atomic E-state index is 12.8. The number of nitrogens with zero attached hydrogens (tertiary/aromatic N) is 1. The van der Waals surface area contributed by atoms with Crippen LogP contribution in [0.25, 0.3) is 0 Å². The maximum atomic E-state index is 12.8. The van der Waals surface area contributed by atoms with Gasteiger partial charge >= 0.3 is 6.18 Å². The van der Waals surface area contributed by atoms with Gasteiger partial charge in [-0.2, -0.15) is 18.3 Å². The molecule has 3 nitrogen and oxygen atoms in total. The molecule has 2 aromatic carbocycles. The van der Waals surface area contributed by atoms with Gasteiger partial charge in [-0.1, -0.05) is 24.3 Å². The number of rotatable bonds is 3. The van der Waals surface area contributed by atoms with Gasteiger partial charge in [0.2, 0.25) is 0 Å². The molecule has 0 heterocycles. The van der Waals surface area contributed by atoms with Crippen molar-refractivity contribution < 1.29 is 13.2 Å². The van der Waals surface area contributed by atoms with Crippen LogP contribution in [0.1, 0.15) is 29.2 Å². The molecule has 0 fully saturated rings. The molecule has 0 spiro atoms. The highest BCUT2D eigenvalue weighted by molar-refractivity contribution is 7.80. The Hall–Kier alpha value is -2.41. The molecule has 25 heavy (non-hydrogen) atoms. The second kappa shape index (κ2) is 7.65. The van der Waals surface area contributed by atoms with Crippen molar-refractivity contribution in [3.8, 4) is 0 Å². The monoisotopic (exact) mass is 365 g/mol. The van der Waals surface area contributed by atoms with Crippen molar-refractivity contribution in [2.75, 3.05) is 5.32 Å². The van der Waals surface area contributed by atoms with Gasteiger partial charge in [-0.15, -0.1) is 0 Å². The summed E-state index contributed by atoms with van der Waals surface area (Å²) in [7, 11) is 0. The number of aryl methyl sites for hydroxylation is 2. The molecule has 0 saturated carbocycles. The summed E-state index contributed by atoms with van der Waals surface area (Å²) in [5.41, 5.74) is 5.68. The average molecular weight is 365 g/mol. The van der Waals surface area contributed by atoms with Crippen LogP contribution in [0.5, 0.6) is 0 Å². The summed E-state index contributed by atoms with van der Waals surface area (Å²) in [6.45, 7) is 5.53. The van der Waals surface area contributed by atoms with Crippen LogP contribution >= 0.6 is 12.2 Å². The molecular formula is C18H18F3N3S. The number of nitrogens with one attached hydrogen (secondary N) is 2.